The minimum Gasteiger partial charge on any atom is -0.318 e. The highest BCUT2D eigenvalue weighted by molar-refractivity contribution is 6.31. The summed E-state index contributed by atoms with van der Waals surface area (Å²) in [6.07, 6.45) is -7.78. The van der Waals surface area contributed by atoms with E-state index >= 15 is 0 Å². The molecule has 0 atom stereocenters. The first-order chi connectivity index (χ1) is 22.8. The maximum absolute atomic E-state index is 13.2. The number of aryl methyl sites for hydroxylation is 2. The summed E-state index contributed by atoms with van der Waals surface area (Å²) in [5.41, 5.74) is -4.58. The van der Waals surface area contributed by atoms with E-state index < -0.39 is 57.5 Å². The number of nitrogens with zero attached hydrogens (tertiary/aromatic N) is 4. The van der Waals surface area contributed by atoms with Crippen molar-refractivity contribution in [3.05, 3.63) is 126 Å². The number of halogens is 8. The molecule has 0 bridgehead atoms. The van der Waals surface area contributed by atoms with Gasteiger partial charge < -0.3 is 18.9 Å². The minimum atomic E-state index is -4.81. The molecule has 16 heteroatoms. The van der Waals surface area contributed by atoms with Gasteiger partial charge in [0.25, 0.3) is 22.9 Å². The number of benzene rings is 2. The molecule has 0 fully saturated rings. The molecule has 0 spiro atoms. The molecule has 0 radical (unpaired) electrons. The highest BCUT2D eigenvalue weighted by Crippen LogP contribution is 2.33. The van der Waals surface area contributed by atoms with Gasteiger partial charge in [-0.1, -0.05) is 37.0 Å². The van der Waals surface area contributed by atoms with Gasteiger partial charge in [0.1, 0.15) is 0 Å². The fraction of sp³-hybridized carbons (Fsp3) is 0.273. The molecule has 8 nitrogen and oxygen atoms in total. The van der Waals surface area contributed by atoms with Crippen LogP contribution in [0.3, 0.4) is 0 Å². The van der Waals surface area contributed by atoms with Gasteiger partial charge >= 0.3 is 12.4 Å². The normalized spacial score (nSPS) is 11.1. The second-order valence-electron chi connectivity index (χ2n) is 9.95. The van der Waals surface area contributed by atoms with Crippen molar-refractivity contribution in [1.82, 2.24) is 9.13 Å². The lowest BCUT2D eigenvalue weighted by molar-refractivity contribution is -0.138. The fourth-order valence-electron chi connectivity index (χ4n) is 4.19. The number of rotatable bonds is 5. The van der Waals surface area contributed by atoms with Gasteiger partial charge in [-0.2, -0.15) is 26.3 Å². The van der Waals surface area contributed by atoms with E-state index in [0.29, 0.717) is 33.6 Å². The molecular weight excluding hydrogens is 701 g/mol. The van der Waals surface area contributed by atoms with E-state index in [1.807, 2.05) is 13.8 Å². The Morgan fingerprint density at radius 3 is 1.37 bits per heavy atom. The van der Waals surface area contributed by atoms with Gasteiger partial charge in [-0.3, -0.25) is 19.2 Å². The molecule has 4 rings (SSSR count). The van der Waals surface area contributed by atoms with Gasteiger partial charge in [0, 0.05) is 73.6 Å². The zero-order valence-corrected chi connectivity index (χ0v) is 28.6. The van der Waals surface area contributed by atoms with Crippen molar-refractivity contribution in [3.63, 3.8) is 0 Å². The van der Waals surface area contributed by atoms with Crippen LogP contribution < -0.4 is 20.9 Å². The van der Waals surface area contributed by atoms with E-state index in [-0.39, 0.29) is 6.54 Å². The van der Waals surface area contributed by atoms with Crippen LogP contribution in [0.5, 0.6) is 0 Å². The molecule has 2 aromatic carbocycles. The zero-order chi connectivity index (χ0) is 37.4. The van der Waals surface area contributed by atoms with Crippen LogP contribution >= 0.6 is 23.2 Å². The zero-order valence-electron chi connectivity index (χ0n) is 27.1. The summed E-state index contributed by atoms with van der Waals surface area (Å²) in [7, 11) is 3.98. The number of hydrogen-bond donors (Lipinski definition) is 0. The molecule has 0 saturated carbocycles. The molecule has 0 N–H and O–H groups in total. The molecule has 2 amide bonds. The third-order valence-corrected chi connectivity index (χ3v) is 7.31. The predicted molar refractivity (Wildman–Crippen MR) is 178 cm³/mol. The van der Waals surface area contributed by atoms with Crippen LogP contribution in [0.2, 0.25) is 10.0 Å². The van der Waals surface area contributed by atoms with Gasteiger partial charge in [-0.15, -0.1) is 0 Å². The first-order valence-corrected chi connectivity index (χ1v) is 15.2. The van der Waals surface area contributed by atoms with Crippen LogP contribution in [0.1, 0.15) is 52.6 Å². The quantitative estimate of drug-likeness (QED) is 0.194. The number of alkyl halides is 6. The number of carbonyl (C=O) groups is 2. The Hall–Kier alpha value is -4.56. The second-order valence-corrected chi connectivity index (χ2v) is 10.8. The number of carbonyl (C=O) groups excluding carboxylic acids is 2. The van der Waals surface area contributed by atoms with Crippen molar-refractivity contribution in [2.24, 2.45) is 7.05 Å². The summed E-state index contributed by atoms with van der Waals surface area (Å²) in [6.45, 7) is 5.76. The maximum atomic E-state index is 13.2. The van der Waals surface area contributed by atoms with Crippen LogP contribution in [0.4, 0.5) is 37.7 Å². The number of amides is 2. The molecule has 0 aliphatic carbocycles. The van der Waals surface area contributed by atoms with Gasteiger partial charge in [-0.05, 0) is 55.5 Å². The Bertz CT molecular complexity index is 1890. The topological polar surface area (TPSA) is 84.6 Å². The molecule has 2 heterocycles. The molecule has 0 aliphatic heterocycles. The van der Waals surface area contributed by atoms with Crippen LogP contribution in [0.15, 0.2) is 82.6 Å². The number of aromatic nitrogens is 2. The summed E-state index contributed by atoms with van der Waals surface area (Å²) in [5.74, 6) is -1.75. The van der Waals surface area contributed by atoms with Gasteiger partial charge in [0.15, 0.2) is 0 Å². The van der Waals surface area contributed by atoms with Crippen LogP contribution in [-0.2, 0) is 25.9 Å². The molecule has 2 aromatic heterocycles. The Morgan fingerprint density at radius 2 is 1.02 bits per heavy atom. The SMILES string of the molecule is CC.CCn1cc(C(=O)N(C)c2ccc(Cl)cc2)c(C(F)(F)F)cc1=O.CN(C(=O)c1cn(C)c(=O)cc1C(F)(F)F)c1ccc(Cl)cc1. The average molecular weight is 734 g/mol. The number of pyridine rings is 2. The lowest BCUT2D eigenvalue weighted by Gasteiger charge is -2.21. The van der Waals surface area contributed by atoms with Crippen molar-refractivity contribution < 1.29 is 35.9 Å². The fourth-order valence-corrected chi connectivity index (χ4v) is 4.44. The highest BCUT2D eigenvalue weighted by atomic mass is 35.5. The maximum Gasteiger partial charge on any atom is 0.417 e. The van der Waals surface area contributed by atoms with Crippen molar-refractivity contribution >= 4 is 46.4 Å². The molecule has 0 aliphatic rings. The summed E-state index contributed by atoms with van der Waals surface area (Å²) < 4.78 is 80.9. The van der Waals surface area contributed by atoms with E-state index in [1.165, 1.54) is 69.7 Å². The first-order valence-electron chi connectivity index (χ1n) is 14.4. The molecular formula is C33H32Cl2F6N4O4. The highest BCUT2D eigenvalue weighted by Gasteiger charge is 2.38. The largest absolute Gasteiger partial charge is 0.417 e. The van der Waals surface area contributed by atoms with Crippen LogP contribution in [-0.4, -0.2) is 35.0 Å². The molecule has 0 unspecified atom stereocenters. The van der Waals surface area contributed by atoms with Gasteiger partial charge in [-0.25, -0.2) is 0 Å². The summed E-state index contributed by atoms with van der Waals surface area (Å²) in [4.78, 5) is 50.3. The van der Waals surface area contributed by atoms with E-state index in [1.54, 1.807) is 6.92 Å². The van der Waals surface area contributed by atoms with Crippen LogP contribution in [0, 0.1) is 0 Å². The van der Waals surface area contributed by atoms with Gasteiger partial charge in [0.2, 0.25) is 0 Å². The molecule has 49 heavy (non-hydrogen) atoms. The lowest BCUT2D eigenvalue weighted by Crippen LogP contribution is -2.32. The summed E-state index contributed by atoms with van der Waals surface area (Å²) in [5, 5.41) is 0.878. The Balaban J connectivity index is 0.000000324. The molecule has 0 saturated heterocycles. The molecule has 264 valence electrons. The van der Waals surface area contributed by atoms with Crippen molar-refractivity contribution in [2.45, 2.75) is 39.7 Å². The number of hydrogen-bond acceptors (Lipinski definition) is 4. The van der Waals surface area contributed by atoms with Crippen molar-refractivity contribution in [2.75, 3.05) is 23.9 Å². The number of anilines is 2. The molecule has 4 aromatic rings. The Kier molecular flexibility index (Phi) is 13.8. The third-order valence-electron chi connectivity index (χ3n) is 6.80. The standard InChI is InChI=1S/C16H14ClF3N2O2.C15H12ClF3N2O2.C2H6/c1-3-22-9-12(13(8-14(22)23)16(18,19)20)15(24)21(2)11-6-4-10(17)5-7-11;1-20-8-11(12(7-13(20)22)15(17,18)19)14(23)21(2)10-5-3-9(16)4-6-10;1-2/h4-9H,3H2,1-2H3;3-8H,1-2H3;1-2H3. The minimum absolute atomic E-state index is 0.155. The summed E-state index contributed by atoms with van der Waals surface area (Å²) in [6, 6.07) is 13.0. The lowest BCUT2D eigenvalue weighted by atomic mass is 10.1. The Labute approximate surface area is 287 Å². The van der Waals surface area contributed by atoms with E-state index in [2.05, 4.69) is 0 Å². The van der Waals surface area contributed by atoms with E-state index in [0.717, 1.165) is 31.3 Å². The second kappa shape index (κ2) is 16.7. The monoisotopic (exact) mass is 732 g/mol. The van der Waals surface area contributed by atoms with Crippen LogP contribution in [0.25, 0.3) is 0 Å². The van der Waals surface area contributed by atoms with Crippen molar-refractivity contribution in [1.29, 1.82) is 0 Å². The smallest absolute Gasteiger partial charge is 0.318 e. The van der Waals surface area contributed by atoms with E-state index in [9.17, 15) is 45.5 Å². The Morgan fingerprint density at radius 1 is 0.673 bits per heavy atom. The predicted octanol–water partition coefficient (Wildman–Crippen LogP) is 8.18. The average Bonchev–Trinajstić information content (AvgIpc) is 3.05. The summed E-state index contributed by atoms with van der Waals surface area (Å²) >= 11 is 11.5. The third kappa shape index (κ3) is 10.2. The first kappa shape index (κ1) is 40.6. The van der Waals surface area contributed by atoms with Gasteiger partial charge in [0.05, 0.1) is 22.3 Å². The van der Waals surface area contributed by atoms with E-state index in [4.69, 9.17) is 23.2 Å². The van der Waals surface area contributed by atoms with Crippen molar-refractivity contribution in [3.8, 4) is 0 Å².